The van der Waals surface area contributed by atoms with Gasteiger partial charge in [-0.3, -0.25) is 4.79 Å². The van der Waals surface area contributed by atoms with Gasteiger partial charge in [0.05, 0.1) is 11.4 Å². The number of halogens is 1. The van der Waals surface area contributed by atoms with Gasteiger partial charge in [0.1, 0.15) is 5.82 Å². The molecule has 3 saturated heterocycles. The van der Waals surface area contributed by atoms with E-state index in [0.717, 1.165) is 25.3 Å². The molecule has 3 aliphatic heterocycles. The van der Waals surface area contributed by atoms with Crippen LogP contribution in [0.25, 0.3) is 0 Å². The van der Waals surface area contributed by atoms with E-state index in [-0.39, 0.29) is 21.7 Å². The smallest absolute Gasteiger partial charge is 0.254 e. The molecule has 4 atom stereocenters. The summed E-state index contributed by atoms with van der Waals surface area (Å²) in [4.78, 5) is 13.4. The molecule has 3 fully saturated rings. The van der Waals surface area contributed by atoms with E-state index in [9.17, 15) is 14.3 Å². The van der Waals surface area contributed by atoms with Gasteiger partial charge < -0.3 is 15.7 Å². The van der Waals surface area contributed by atoms with Crippen LogP contribution in [0.15, 0.2) is 24.3 Å². The van der Waals surface area contributed by atoms with Crippen molar-refractivity contribution >= 4 is 29.4 Å². The number of hydrogen-bond donors (Lipinski definition) is 2. The molecule has 0 aliphatic carbocycles. The summed E-state index contributed by atoms with van der Waals surface area (Å²) in [6.07, 6.45) is 0.182. The fraction of sp³-hybridized carbons (Fsp3) is 0.533. The Bertz CT molecular complexity index is 622. The van der Waals surface area contributed by atoms with Crippen LogP contribution in [-0.2, 0) is 4.79 Å². The second-order valence-electron chi connectivity index (χ2n) is 6.28. The van der Waals surface area contributed by atoms with Gasteiger partial charge in [-0.05, 0) is 24.1 Å². The highest BCUT2D eigenvalue weighted by Crippen LogP contribution is 2.58. The van der Waals surface area contributed by atoms with E-state index in [2.05, 4.69) is 0 Å². The summed E-state index contributed by atoms with van der Waals surface area (Å²) >= 11 is 3.21. The van der Waals surface area contributed by atoms with Crippen LogP contribution >= 0.6 is 23.5 Å². The Morgan fingerprint density at radius 1 is 1.45 bits per heavy atom. The van der Waals surface area contributed by atoms with E-state index in [4.69, 9.17) is 5.73 Å². The lowest BCUT2D eigenvalue weighted by Gasteiger charge is -2.21. The van der Waals surface area contributed by atoms with Crippen LogP contribution in [0.1, 0.15) is 18.1 Å². The average molecular weight is 340 g/mol. The lowest BCUT2D eigenvalue weighted by atomic mass is 10.0. The van der Waals surface area contributed by atoms with Crippen molar-refractivity contribution in [2.45, 2.75) is 27.4 Å². The number of carbonyl (C=O) groups excluding carboxylic acids is 1. The number of benzene rings is 1. The predicted octanol–water partition coefficient (Wildman–Crippen LogP) is 1.35. The molecule has 4 nitrogen and oxygen atoms in total. The molecule has 0 bridgehead atoms. The first-order valence-electron chi connectivity index (χ1n) is 7.27. The summed E-state index contributed by atoms with van der Waals surface area (Å²) in [5.41, 5.74) is 6.81. The van der Waals surface area contributed by atoms with Crippen molar-refractivity contribution < 1.29 is 14.3 Å². The summed E-state index contributed by atoms with van der Waals surface area (Å²) in [7, 11) is 0. The van der Waals surface area contributed by atoms with Crippen molar-refractivity contribution in [2.75, 3.05) is 18.8 Å². The Labute approximate surface area is 136 Å². The van der Waals surface area contributed by atoms with Crippen molar-refractivity contribution in [1.29, 1.82) is 0 Å². The number of carbonyl (C=O) groups is 1. The fourth-order valence-electron chi connectivity index (χ4n) is 3.08. The summed E-state index contributed by atoms with van der Waals surface area (Å²) in [6, 6.07) is 5.69. The molecule has 0 aromatic heterocycles. The van der Waals surface area contributed by atoms with Crippen molar-refractivity contribution in [2.24, 2.45) is 5.73 Å². The first-order chi connectivity index (χ1) is 10.4. The summed E-state index contributed by atoms with van der Waals surface area (Å²) in [6.45, 7) is 1.53. The standard InChI is InChI=1S/C15H17FN2O2S2/c16-10-3-1-9(2-4-10)11(19)12-15(17,22-12)13(20)18-6-5-14(7-18)8-21-14/h1-4,11-12,19H,5-8,17H2/t11-,12?,14-,15+/m1/s1. The highest BCUT2D eigenvalue weighted by atomic mass is 32.2. The Hall–Kier alpha value is -0.760. The number of aliphatic hydroxyl groups is 1. The first kappa shape index (κ1) is 14.8. The van der Waals surface area contributed by atoms with Crippen molar-refractivity contribution in [3.05, 3.63) is 35.6 Å². The Balaban J connectivity index is 1.45. The number of aliphatic hydroxyl groups excluding tert-OH is 1. The van der Waals surface area contributed by atoms with Crippen molar-refractivity contribution in [3.63, 3.8) is 0 Å². The van der Waals surface area contributed by atoms with E-state index >= 15 is 0 Å². The highest BCUT2D eigenvalue weighted by Gasteiger charge is 2.64. The molecule has 1 unspecified atom stereocenters. The molecule has 3 aliphatic rings. The largest absolute Gasteiger partial charge is 0.387 e. The summed E-state index contributed by atoms with van der Waals surface area (Å²) < 4.78 is 13.2. The second kappa shape index (κ2) is 4.87. The molecule has 22 heavy (non-hydrogen) atoms. The first-order valence-corrected chi connectivity index (χ1v) is 9.14. The van der Waals surface area contributed by atoms with Gasteiger partial charge in [0.25, 0.3) is 5.91 Å². The quantitative estimate of drug-likeness (QED) is 0.813. The third kappa shape index (κ3) is 2.35. The maximum absolute atomic E-state index is 13.0. The number of amides is 1. The zero-order chi connectivity index (χ0) is 15.5. The van der Waals surface area contributed by atoms with Gasteiger partial charge >= 0.3 is 0 Å². The van der Waals surface area contributed by atoms with Crippen LogP contribution in [0, 0.1) is 5.82 Å². The van der Waals surface area contributed by atoms with E-state index in [1.807, 2.05) is 16.7 Å². The third-order valence-corrected chi connectivity index (χ3v) is 7.56. The fourth-order valence-corrected chi connectivity index (χ4v) is 5.11. The molecule has 3 heterocycles. The molecule has 1 amide bonds. The molecule has 4 rings (SSSR count). The third-order valence-electron chi connectivity index (χ3n) is 4.68. The normalized spacial score (nSPS) is 37.4. The molecule has 0 saturated carbocycles. The monoisotopic (exact) mass is 340 g/mol. The minimum Gasteiger partial charge on any atom is -0.387 e. The predicted molar refractivity (Wildman–Crippen MR) is 86.0 cm³/mol. The zero-order valence-electron chi connectivity index (χ0n) is 11.9. The van der Waals surface area contributed by atoms with Gasteiger partial charge in [0.2, 0.25) is 0 Å². The van der Waals surface area contributed by atoms with Crippen LogP contribution < -0.4 is 5.73 Å². The van der Waals surface area contributed by atoms with Crippen molar-refractivity contribution in [3.8, 4) is 0 Å². The summed E-state index contributed by atoms with van der Waals surface area (Å²) in [5.74, 6) is 0.704. The summed E-state index contributed by atoms with van der Waals surface area (Å²) in [5, 5.41) is 10.0. The van der Waals surface area contributed by atoms with Gasteiger partial charge in [-0.1, -0.05) is 12.1 Å². The minimum absolute atomic E-state index is 0.0759. The lowest BCUT2D eigenvalue weighted by molar-refractivity contribution is -0.132. The van der Waals surface area contributed by atoms with Crippen molar-refractivity contribution in [1.82, 2.24) is 4.90 Å². The van der Waals surface area contributed by atoms with Gasteiger partial charge in [-0.15, -0.1) is 11.8 Å². The van der Waals surface area contributed by atoms with E-state index in [0.29, 0.717) is 5.56 Å². The van der Waals surface area contributed by atoms with E-state index in [1.165, 1.54) is 36.0 Å². The SMILES string of the molecule is N[C@]1(C(=O)N2CC[C@]3(CS3)C2)SC1[C@H](O)c1ccc(F)cc1. The van der Waals surface area contributed by atoms with Gasteiger partial charge in [0, 0.05) is 23.6 Å². The zero-order valence-corrected chi connectivity index (χ0v) is 13.5. The number of hydrogen-bond acceptors (Lipinski definition) is 5. The molecule has 0 radical (unpaired) electrons. The van der Waals surface area contributed by atoms with Crippen LogP contribution in [0.3, 0.4) is 0 Å². The topological polar surface area (TPSA) is 66.6 Å². The van der Waals surface area contributed by atoms with Gasteiger partial charge in [-0.2, -0.15) is 11.8 Å². The van der Waals surface area contributed by atoms with Crippen LogP contribution in [0.5, 0.6) is 0 Å². The van der Waals surface area contributed by atoms with Crippen LogP contribution in [-0.4, -0.2) is 49.6 Å². The number of nitrogens with zero attached hydrogens (tertiary/aromatic N) is 1. The number of thioether (sulfide) groups is 2. The maximum atomic E-state index is 13.0. The molecular weight excluding hydrogens is 323 g/mol. The van der Waals surface area contributed by atoms with Crippen LogP contribution in [0.4, 0.5) is 4.39 Å². The van der Waals surface area contributed by atoms with E-state index < -0.39 is 11.0 Å². The molecule has 118 valence electrons. The molecule has 3 N–H and O–H groups in total. The molecule has 1 aromatic carbocycles. The Kier molecular flexibility index (Phi) is 3.28. The molecular formula is C15H17FN2O2S2. The maximum Gasteiger partial charge on any atom is 0.254 e. The Morgan fingerprint density at radius 2 is 2.14 bits per heavy atom. The number of rotatable bonds is 3. The average Bonchev–Trinajstić information content (AvgIpc) is 3.36. The highest BCUT2D eigenvalue weighted by molar-refractivity contribution is 8.09. The van der Waals surface area contributed by atoms with E-state index in [1.54, 1.807) is 0 Å². The van der Waals surface area contributed by atoms with Crippen LogP contribution in [0.2, 0.25) is 0 Å². The molecule has 1 spiro atoms. The molecule has 1 aromatic rings. The lowest BCUT2D eigenvalue weighted by Crippen LogP contribution is -2.47. The van der Waals surface area contributed by atoms with Gasteiger partial charge in [-0.25, -0.2) is 4.39 Å². The number of nitrogens with two attached hydrogens (primary N) is 1. The molecule has 7 heteroatoms. The number of likely N-dealkylation sites (tertiary alicyclic amines) is 1. The van der Waals surface area contributed by atoms with Gasteiger partial charge in [0.15, 0.2) is 4.87 Å². The second-order valence-corrected chi connectivity index (χ2v) is 9.14. The minimum atomic E-state index is -1.04. The Morgan fingerprint density at radius 3 is 2.73 bits per heavy atom.